The lowest BCUT2D eigenvalue weighted by Crippen LogP contribution is -2.36. The average Bonchev–Trinajstić information content (AvgIpc) is 2.93. The van der Waals surface area contributed by atoms with Crippen LogP contribution in [0.2, 0.25) is 0 Å². The molecule has 0 radical (unpaired) electrons. The molecular formula is C15H17N3S. The number of para-hydroxylation sites is 1. The Balaban J connectivity index is 2.01. The molecule has 98 valence electrons. The molecule has 19 heavy (non-hydrogen) atoms. The van der Waals surface area contributed by atoms with Gasteiger partial charge in [-0.1, -0.05) is 18.2 Å². The summed E-state index contributed by atoms with van der Waals surface area (Å²) in [6, 6.07) is 12.7. The molecule has 1 aromatic heterocycles. The van der Waals surface area contributed by atoms with Gasteiger partial charge in [-0.05, 0) is 37.6 Å². The molecule has 0 fully saturated rings. The topological polar surface area (TPSA) is 41.6 Å². The summed E-state index contributed by atoms with van der Waals surface area (Å²) in [6.45, 7) is 5.05. The van der Waals surface area contributed by atoms with Gasteiger partial charge in [0.15, 0.2) is 5.96 Å². The van der Waals surface area contributed by atoms with Gasteiger partial charge >= 0.3 is 0 Å². The molecule has 1 aliphatic rings. The third kappa shape index (κ3) is 2.12. The lowest BCUT2D eigenvalue weighted by Gasteiger charge is -2.26. The van der Waals surface area contributed by atoms with E-state index in [-0.39, 0.29) is 6.04 Å². The zero-order chi connectivity index (χ0) is 13.4. The number of rotatable bonds is 2. The lowest BCUT2D eigenvalue weighted by molar-refractivity contribution is 0.767. The van der Waals surface area contributed by atoms with Crippen molar-refractivity contribution in [1.29, 1.82) is 0 Å². The number of aryl methyl sites for hydroxylation is 2. The van der Waals surface area contributed by atoms with Crippen LogP contribution in [0.5, 0.6) is 0 Å². The summed E-state index contributed by atoms with van der Waals surface area (Å²) >= 11 is 1.84. The van der Waals surface area contributed by atoms with E-state index >= 15 is 0 Å². The summed E-state index contributed by atoms with van der Waals surface area (Å²) in [5.74, 6) is 0.611. The number of hydrogen-bond acceptors (Lipinski definition) is 4. The van der Waals surface area contributed by atoms with Crippen LogP contribution in [0.25, 0.3) is 0 Å². The van der Waals surface area contributed by atoms with E-state index < -0.39 is 0 Å². The Labute approximate surface area is 117 Å². The summed E-state index contributed by atoms with van der Waals surface area (Å²) < 4.78 is 0. The smallest absolute Gasteiger partial charge is 0.196 e. The summed E-state index contributed by atoms with van der Waals surface area (Å²) in [5.41, 5.74) is 8.52. The molecular weight excluding hydrogens is 254 g/mol. The maximum absolute atomic E-state index is 6.07. The third-order valence-electron chi connectivity index (χ3n) is 3.46. The largest absolute Gasteiger partial charge is 0.369 e. The molecule has 0 aliphatic carbocycles. The van der Waals surface area contributed by atoms with Crippen molar-refractivity contribution in [3.8, 4) is 0 Å². The third-order valence-corrected chi connectivity index (χ3v) is 4.44. The van der Waals surface area contributed by atoms with E-state index in [4.69, 9.17) is 5.73 Å². The van der Waals surface area contributed by atoms with E-state index in [1.165, 1.54) is 15.3 Å². The van der Waals surface area contributed by atoms with Crippen molar-refractivity contribution in [3.05, 3.63) is 51.7 Å². The monoisotopic (exact) mass is 271 g/mol. The minimum atomic E-state index is 0.229. The second kappa shape index (κ2) is 4.70. The van der Waals surface area contributed by atoms with Crippen molar-refractivity contribution < 1.29 is 0 Å². The second-order valence-electron chi connectivity index (χ2n) is 4.79. The Morgan fingerprint density at radius 3 is 2.63 bits per heavy atom. The Bertz CT molecular complexity index is 616. The number of aliphatic imine (C=N–C) groups is 1. The van der Waals surface area contributed by atoms with Crippen molar-refractivity contribution >= 4 is 23.0 Å². The van der Waals surface area contributed by atoms with Crippen LogP contribution in [-0.4, -0.2) is 12.5 Å². The molecule has 1 atom stereocenters. The first-order valence-electron chi connectivity index (χ1n) is 6.38. The average molecular weight is 271 g/mol. The fraction of sp³-hybridized carbons (Fsp3) is 0.267. The number of benzene rings is 1. The van der Waals surface area contributed by atoms with Crippen molar-refractivity contribution in [1.82, 2.24) is 0 Å². The van der Waals surface area contributed by atoms with Gasteiger partial charge in [-0.3, -0.25) is 4.99 Å². The molecule has 0 saturated heterocycles. The quantitative estimate of drug-likeness (QED) is 0.911. The number of anilines is 1. The van der Waals surface area contributed by atoms with E-state index in [9.17, 15) is 0 Å². The van der Waals surface area contributed by atoms with Gasteiger partial charge < -0.3 is 10.6 Å². The summed E-state index contributed by atoms with van der Waals surface area (Å²) in [5, 5.41) is 0. The van der Waals surface area contributed by atoms with E-state index in [0.717, 1.165) is 12.2 Å². The van der Waals surface area contributed by atoms with E-state index in [1.807, 2.05) is 29.5 Å². The number of nitrogens with zero attached hydrogens (tertiary/aromatic N) is 2. The number of thiophene rings is 1. The molecule has 2 heterocycles. The molecule has 2 N–H and O–H groups in total. The lowest BCUT2D eigenvalue weighted by atomic mass is 10.1. The molecule has 0 amide bonds. The molecule has 3 nitrogen and oxygen atoms in total. The minimum absolute atomic E-state index is 0.229. The minimum Gasteiger partial charge on any atom is -0.369 e. The SMILES string of the molecule is Cc1cc(C2CN=C(N)N2c2ccccc2)c(C)s1. The zero-order valence-electron chi connectivity index (χ0n) is 11.1. The molecule has 1 unspecified atom stereocenters. The number of hydrogen-bond donors (Lipinski definition) is 1. The normalized spacial score (nSPS) is 18.7. The Morgan fingerprint density at radius 1 is 1.26 bits per heavy atom. The van der Waals surface area contributed by atoms with Crippen LogP contribution in [0.15, 0.2) is 41.4 Å². The van der Waals surface area contributed by atoms with Crippen LogP contribution < -0.4 is 10.6 Å². The number of guanidine groups is 1. The molecule has 2 aromatic rings. The van der Waals surface area contributed by atoms with Crippen LogP contribution in [-0.2, 0) is 0 Å². The Morgan fingerprint density at radius 2 is 2.00 bits per heavy atom. The highest BCUT2D eigenvalue weighted by atomic mass is 32.1. The molecule has 4 heteroatoms. The molecule has 0 saturated carbocycles. The number of nitrogens with two attached hydrogens (primary N) is 1. The highest BCUT2D eigenvalue weighted by Gasteiger charge is 2.30. The molecule has 3 rings (SSSR count). The first-order valence-corrected chi connectivity index (χ1v) is 7.19. The van der Waals surface area contributed by atoms with Gasteiger partial charge in [0.05, 0.1) is 12.6 Å². The molecule has 0 spiro atoms. The predicted molar refractivity (Wildman–Crippen MR) is 81.9 cm³/mol. The van der Waals surface area contributed by atoms with Gasteiger partial charge in [-0.15, -0.1) is 11.3 Å². The fourth-order valence-corrected chi connectivity index (χ4v) is 3.60. The van der Waals surface area contributed by atoms with Crippen molar-refractivity contribution in [2.24, 2.45) is 10.7 Å². The van der Waals surface area contributed by atoms with Gasteiger partial charge in [-0.2, -0.15) is 0 Å². The van der Waals surface area contributed by atoms with Crippen LogP contribution >= 0.6 is 11.3 Å². The summed E-state index contributed by atoms with van der Waals surface area (Å²) in [4.78, 5) is 9.25. The first kappa shape index (κ1) is 12.2. The van der Waals surface area contributed by atoms with Crippen LogP contribution in [0.4, 0.5) is 5.69 Å². The van der Waals surface area contributed by atoms with Gasteiger partial charge in [0.25, 0.3) is 0 Å². The summed E-state index contributed by atoms with van der Waals surface area (Å²) in [6.07, 6.45) is 0. The Kier molecular flexibility index (Phi) is 3.03. The van der Waals surface area contributed by atoms with E-state index in [1.54, 1.807) is 0 Å². The maximum Gasteiger partial charge on any atom is 0.196 e. The molecule has 0 bridgehead atoms. The summed E-state index contributed by atoms with van der Waals surface area (Å²) in [7, 11) is 0. The standard InChI is InChI=1S/C15H17N3S/c1-10-8-13(11(2)19-10)14-9-17-15(16)18(14)12-6-4-3-5-7-12/h3-8,14H,9H2,1-2H3,(H2,16,17). The predicted octanol–water partition coefficient (Wildman–Crippen LogP) is 3.24. The van der Waals surface area contributed by atoms with Crippen LogP contribution in [0.3, 0.4) is 0 Å². The highest BCUT2D eigenvalue weighted by molar-refractivity contribution is 7.12. The second-order valence-corrected chi connectivity index (χ2v) is 6.25. The highest BCUT2D eigenvalue weighted by Crippen LogP contribution is 2.35. The van der Waals surface area contributed by atoms with E-state index in [0.29, 0.717) is 5.96 Å². The van der Waals surface area contributed by atoms with Crippen molar-refractivity contribution in [3.63, 3.8) is 0 Å². The fourth-order valence-electron chi connectivity index (χ4n) is 2.62. The molecule has 1 aromatic carbocycles. The first-order chi connectivity index (χ1) is 9.16. The Hall–Kier alpha value is -1.81. The molecule has 1 aliphatic heterocycles. The maximum atomic E-state index is 6.07. The van der Waals surface area contributed by atoms with Crippen LogP contribution in [0, 0.1) is 13.8 Å². The van der Waals surface area contributed by atoms with Crippen LogP contribution in [0.1, 0.15) is 21.4 Å². The van der Waals surface area contributed by atoms with Gasteiger partial charge in [0, 0.05) is 15.4 Å². The zero-order valence-corrected chi connectivity index (χ0v) is 11.9. The van der Waals surface area contributed by atoms with E-state index in [2.05, 4.69) is 41.9 Å². The van der Waals surface area contributed by atoms with Gasteiger partial charge in [0.2, 0.25) is 0 Å². The van der Waals surface area contributed by atoms with Crippen molar-refractivity contribution in [2.75, 3.05) is 11.4 Å². The van der Waals surface area contributed by atoms with Gasteiger partial charge in [-0.25, -0.2) is 0 Å². The van der Waals surface area contributed by atoms with Crippen molar-refractivity contribution in [2.45, 2.75) is 19.9 Å². The van der Waals surface area contributed by atoms with Gasteiger partial charge in [0.1, 0.15) is 0 Å².